The molecular weight excluding hydrogens is 204 g/mol. The van der Waals surface area contributed by atoms with Crippen molar-refractivity contribution in [1.82, 2.24) is 10.2 Å². The van der Waals surface area contributed by atoms with Gasteiger partial charge in [0, 0.05) is 18.6 Å². The van der Waals surface area contributed by atoms with Crippen molar-refractivity contribution in [3.63, 3.8) is 0 Å². The predicted molar refractivity (Wildman–Crippen MR) is 70.1 cm³/mol. The van der Waals surface area contributed by atoms with Crippen molar-refractivity contribution < 1.29 is 0 Å². The zero-order valence-corrected chi connectivity index (χ0v) is 11.2. The van der Waals surface area contributed by atoms with E-state index in [1.54, 1.807) is 0 Å². The Morgan fingerprint density at radius 2 is 1.93 bits per heavy atom. The molecule has 0 saturated heterocycles. The van der Waals surface area contributed by atoms with Crippen LogP contribution in [0.5, 0.6) is 0 Å². The lowest BCUT2D eigenvalue weighted by molar-refractivity contribution is 0.364. The van der Waals surface area contributed by atoms with Crippen molar-refractivity contribution in [3.8, 4) is 0 Å². The Balaban J connectivity index is 2.39. The number of nitrogens with one attached hydrogen (secondary N) is 1. The lowest BCUT2D eigenvalue weighted by atomic mass is 10.1. The van der Waals surface area contributed by atoms with Gasteiger partial charge in [0.25, 0.3) is 0 Å². The minimum absolute atomic E-state index is 0.442. The monoisotopic (exact) mass is 228 g/mol. The van der Waals surface area contributed by atoms with Crippen LogP contribution in [0, 0.1) is 5.92 Å². The summed E-state index contributed by atoms with van der Waals surface area (Å²) in [5.74, 6) is 0.757. The Morgan fingerprint density at radius 1 is 1.33 bits per heavy atom. The van der Waals surface area contributed by atoms with E-state index in [2.05, 4.69) is 37.9 Å². The molecule has 15 heavy (non-hydrogen) atoms. The minimum atomic E-state index is 0.442. The molecule has 0 atom stereocenters. The van der Waals surface area contributed by atoms with Gasteiger partial charge in [0.1, 0.15) is 0 Å². The van der Waals surface area contributed by atoms with Gasteiger partial charge in [-0.3, -0.25) is 0 Å². The smallest absolute Gasteiger partial charge is 0.169 e. The topological polar surface area (TPSA) is 15.3 Å². The Kier molecular flexibility index (Phi) is 4.84. The lowest BCUT2D eigenvalue weighted by Gasteiger charge is -2.27. The van der Waals surface area contributed by atoms with Gasteiger partial charge in [0.2, 0.25) is 0 Å². The van der Waals surface area contributed by atoms with Gasteiger partial charge >= 0.3 is 0 Å². The second kappa shape index (κ2) is 5.69. The van der Waals surface area contributed by atoms with Gasteiger partial charge in [-0.15, -0.1) is 0 Å². The first-order chi connectivity index (χ1) is 7.00. The van der Waals surface area contributed by atoms with Crippen LogP contribution in [0.1, 0.15) is 47.0 Å². The Labute approximate surface area is 99.4 Å². The van der Waals surface area contributed by atoms with Gasteiger partial charge in [0.05, 0.1) is 0 Å². The van der Waals surface area contributed by atoms with E-state index in [-0.39, 0.29) is 0 Å². The molecule has 0 aromatic carbocycles. The van der Waals surface area contributed by atoms with Crippen molar-refractivity contribution in [1.29, 1.82) is 0 Å². The average Bonchev–Trinajstić information content (AvgIpc) is 2.86. The standard InChI is InChI=1S/C12H24N2S/c1-9(2)7-8-14(11-5-6-11)12(15)13-10(3)4/h9-11H,5-8H2,1-4H3,(H,13,15). The van der Waals surface area contributed by atoms with E-state index >= 15 is 0 Å². The molecule has 1 aliphatic rings. The Hall–Kier alpha value is -0.310. The first-order valence-corrected chi connectivity index (χ1v) is 6.48. The summed E-state index contributed by atoms with van der Waals surface area (Å²) in [6.07, 6.45) is 3.87. The van der Waals surface area contributed by atoms with Crippen LogP contribution in [0.2, 0.25) is 0 Å². The second-order valence-electron chi connectivity index (χ2n) is 5.21. The molecule has 88 valence electrons. The summed E-state index contributed by atoms with van der Waals surface area (Å²) in [4.78, 5) is 2.38. The molecule has 0 bridgehead atoms. The maximum absolute atomic E-state index is 5.43. The molecule has 3 heteroatoms. The Bertz CT molecular complexity index is 210. The average molecular weight is 228 g/mol. The van der Waals surface area contributed by atoms with Gasteiger partial charge in [-0.05, 0) is 51.2 Å². The molecule has 0 aromatic heterocycles. The van der Waals surface area contributed by atoms with Crippen molar-refractivity contribution >= 4 is 17.3 Å². The minimum Gasteiger partial charge on any atom is -0.360 e. The number of rotatable bonds is 5. The van der Waals surface area contributed by atoms with Crippen molar-refractivity contribution in [2.45, 2.75) is 59.0 Å². The number of hydrogen-bond acceptors (Lipinski definition) is 1. The molecule has 0 aromatic rings. The van der Waals surface area contributed by atoms with Gasteiger partial charge < -0.3 is 10.2 Å². The van der Waals surface area contributed by atoms with Crippen LogP contribution < -0.4 is 5.32 Å². The van der Waals surface area contributed by atoms with Crippen molar-refractivity contribution in [3.05, 3.63) is 0 Å². The highest BCUT2D eigenvalue weighted by molar-refractivity contribution is 7.80. The summed E-state index contributed by atoms with van der Waals surface area (Å²) in [7, 11) is 0. The third kappa shape index (κ3) is 4.83. The third-order valence-electron chi connectivity index (χ3n) is 2.61. The molecule has 1 N–H and O–H groups in total. The van der Waals surface area contributed by atoms with E-state index in [1.807, 2.05) is 0 Å². The number of nitrogens with zero attached hydrogens (tertiary/aromatic N) is 1. The molecule has 0 aliphatic heterocycles. The van der Waals surface area contributed by atoms with Crippen molar-refractivity contribution in [2.24, 2.45) is 5.92 Å². The first-order valence-electron chi connectivity index (χ1n) is 6.07. The first kappa shape index (κ1) is 12.8. The third-order valence-corrected chi connectivity index (χ3v) is 2.96. The van der Waals surface area contributed by atoms with Crippen LogP contribution in [-0.2, 0) is 0 Å². The quantitative estimate of drug-likeness (QED) is 0.729. The normalized spacial score (nSPS) is 15.9. The largest absolute Gasteiger partial charge is 0.360 e. The van der Waals surface area contributed by atoms with E-state index < -0.39 is 0 Å². The molecular formula is C12H24N2S. The second-order valence-corrected chi connectivity index (χ2v) is 5.60. The molecule has 1 rings (SSSR count). The molecule has 0 spiro atoms. The van der Waals surface area contributed by atoms with Crippen LogP contribution in [0.15, 0.2) is 0 Å². The molecule has 0 unspecified atom stereocenters. The van der Waals surface area contributed by atoms with Crippen LogP contribution in [0.4, 0.5) is 0 Å². The highest BCUT2D eigenvalue weighted by Crippen LogP contribution is 2.27. The highest BCUT2D eigenvalue weighted by atomic mass is 32.1. The molecule has 2 nitrogen and oxygen atoms in total. The summed E-state index contributed by atoms with van der Waals surface area (Å²) >= 11 is 5.43. The van der Waals surface area contributed by atoms with Crippen molar-refractivity contribution in [2.75, 3.05) is 6.54 Å². The van der Waals surface area contributed by atoms with Crippen LogP contribution >= 0.6 is 12.2 Å². The zero-order chi connectivity index (χ0) is 11.4. The summed E-state index contributed by atoms with van der Waals surface area (Å²) in [5.41, 5.74) is 0. The number of thiocarbonyl (C=S) groups is 1. The fraction of sp³-hybridized carbons (Fsp3) is 0.917. The Morgan fingerprint density at radius 3 is 2.33 bits per heavy atom. The van der Waals surface area contributed by atoms with Gasteiger partial charge in [-0.2, -0.15) is 0 Å². The molecule has 0 heterocycles. The molecule has 0 radical (unpaired) electrons. The van der Waals surface area contributed by atoms with Gasteiger partial charge in [-0.1, -0.05) is 13.8 Å². The molecule has 0 amide bonds. The van der Waals surface area contributed by atoms with E-state index in [0.717, 1.165) is 23.6 Å². The summed E-state index contributed by atoms with van der Waals surface area (Å²) < 4.78 is 0. The highest BCUT2D eigenvalue weighted by Gasteiger charge is 2.30. The fourth-order valence-electron chi connectivity index (χ4n) is 1.56. The van der Waals surface area contributed by atoms with E-state index in [0.29, 0.717) is 6.04 Å². The van der Waals surface area contributed by atoms with E-state index in [4.69, 9.17) is 12.2 Å². The van der Waals surface area contributed by atoms with Crippen LogP contribution in [0.25, 0.3) is 0 Å². The summed E-state index contributed by atoms with van der Waals surface area (Å²) in [6, 6.07) is 1.17. The summed E-state index contributed by atoms with van der Waals surface area (Å²) in [6.45, 7) is 9.93. The fourth-order valence-corrected chi connectivity index (χ4v) is 2.04. The van der Waals surface area contributed by atoms with Crippen LogP contribution in [0.3, 0.4) is 0 Å². The van der Waals surface area contributed by atoms with Crippen LogP contribution in [-0.4, -0.2) is 28.6 Å². The lowest BCUT2D eigenvalue weighted by Crippen LogP contribution is -2.44. The van der Waals surface area contributed by atoms with E-state index in [9.17, 15) is 0 Å². The molecule has 1 saturated carbocycles. The number of hydrogen-bond donors (Lipinski definition) is 1. The zero-order valence-electron chi connectivity index (χ0n) is 10.4. The van der Waals surface area contributed by atoms with Gasteiger partial charge in [0.15, 0.2) is 5.11 Å². The van der Waals surface area contributed by atoms with Gasteiger partial charge in [-0.25, -0.2) is 0 Å². The summed E-state index contributed by atoms with van der Waals surface area (Å²) in [5, 5.41) is 4.30. The molecule has 1 fully saturated rings. The maximum atomic E-state index is 5.43. The predicted octanol–water partition coefficient (Wildman–Crippen LogP) is 2.78. The molecule has 1 aliphatic carbocycles. The van der Waals surface area contributed by atoms with E-state index in [1.165, 1.54) is 19.3 Å². The SMILES string of the molecule is CC(C)CCN(C(=S)NC(C)C)C1CC1. The maximum Gasteiger partial charge on any atom is 0.169 e.